The highest BCUT2D eigenvalue weighted by Gasteiger charge is 2.43. The number of hydrogen-bond donors (Lipinski definition) is 1. The third kappa shape index (κ3) is 3.83. The van der Waals surface area contributed by atoms with Crippen molar-refractivity contribution >= 4 is 6.08 Å². The summed E-state index contributed by atoms with van der Waals surface area (Å²) in [6.07, 6.45) is 9.07. The summed E-state index contributed by atoms with van der Waals surface area (Å²) < 4.78 is 5.42. The average molecular weight is 357 g/mol. The molecule has 142 valence electrons. The zero-order valence-electron chi connectivity index (χ0n) is 15.9. The highest BCUT2D eigenvalue weighted by atomic mass is 16.5. The lowest BCUT2D eigenvalue weighted by molar-refractivity contribution is -0.000860. The quantitative estimate of drug-likeness (QED) is 0.880. The number of methoxy groups -OCH3 is 1. The fraction of sp³-hybridized carbons (Fsp3) is 0.636. The molecule has 4 rings (SSSR count). The first-order valence-electron chi connectivity index (χ1n) is 10.2. The van der Waals surface area contributed by atoms with Crippen molar-refractivity contribution in [3.05, 3.63) is 35.9 Å². The van der Waals surface area contributed by atoms with Crippen LogP contribution in [-0.4, -0.2) is 66.9 Å². The summed E-state index contributed by atoms with van der Waals surface area (Å²) in [4.78, 5) is 5.10. The second-order valence-corrected chi connectivity index (χ2v) is 8.23. The molecule has 4 heteroatoms. The summed E-state index contributed by atoms with van der Waals surface area (Å²) in [6, 6.07) is 8.55. The molecule has 2 saturated heterocycles. The fourth-order valence-electron chi connectivity index (χ4n) is 5.25. The summed E-state index contributed by atoms with van der Waals surface area (Å²) in [5.41, 5.74) is 1.14. The minimum absolute atomic E-state index is 0.126. The molecule has 3 aliphatic rings. The Morgan fingerprint density at radius 1 is 1.12 bits per heavy atom. The van der Waals surface area contributed by atoms with Gasteiger partial charge in [0.1, 0.15) is 5.75 Å². The Hall–Kier alpha value is -1.36. The first-order valence-corrected chi connectivity index (χ1v) is 10.2. The molecular weight excluding hydrogens is 324 g/mol. The summed E-state index contributed by atoms with van der Waals surface area (Å²) in [5, 5.41) is 10.7. The van der Waals surface area contributed by atoms with E-state index >= 15 is 0 Å². The molecule has 2 heterocycles. The minimum Gasteiger partial charge on any atom is -0.496 e. The van der Waals surface area contributed by atoms with Gasteiger partial charge in [-0.15, -0.1) is 0 Å². The lowest BCUT2D eigenvalue weighted by Gasteiger charge is -2.40. The number of likely N-dealkylation sites (tertiary alicyclic amines) is 2. The van der Waals surface area contributed by atoms with Gasteiger partial charge < -0.3 is 9.84 Å². The molecule has 1 aromatic rings. The molecule has 2 aliphatic heterocycles. The lowest BCUT2D eigenvalue weighted by atomic mass is 9.77. The molecule has 4 atom stereocenters. The normalized spacial score (nSPS) is 33.0. The molecule has 0 radical (unpaired) electrons. The van der Waals surface area contributed by atoms with Crippen molar-refractivity contribution in [2.45, 2.75) is 37.8 Å². The van der Waals surface area contributed by atoms with E-state index in [1.54, 1.807) is 7.11 Å². The van der Waals surface area contributed by atoms with E-state index < -0.39 is 0 Å². The number of para-hydroxylation sites is 1. The van der Waals surface area contributed by atoms with Gasteiger partial charge in [-0.25, -0.2) is 0 Å². The van der Waals surface area contributed by atoms with Crippen LogP contribution >= 0.6 is 0 Å². The van der Waals surface area contributed by atoms with Crippen LogP contribution in [0.5, 0.6) is 5.75 Å². The number of aliphatic hydroxyl groups excluding tert-OH is 1. The number of fused-ring (bicyclic) bond motifs is 1. The van der Waals surface area contributed by atoms with Crippen LogP contribution < -0.4 is 4.74 Å². The van der Waals surface area contributed by atoms with Gasteiger partial charge in [0.05, 0.1) is 13.2 Å². The molecular formula is C22H32N2O2. The van der Waals surface area contributed by atoms with E-state index in [1.807, 2.05) is 18.2 Å². The van der Waals surface area contributed by atoms with Crippen LogP contribution in [0.3, 0.4) is 0 Å². The van der Waals surface area contributed by atoms with Crippen LogP contribution in [-0.2, 0) is 0 Å². The number of hydrogen-bond acceptors (Lipinski definition) is 4. The molecule has 26 heavy (non-hydrogen) atoms. The lowest BCUT2D eigenvalue weighted by Crippen LogP contribution is -2.48. The maximum Gasteiger partial charge on any atom is 0.126 e. The van der Waals surface area contributed by atoms with Crippen LogP contribution in [0, 0.1) is 11.8 Å². The number of nitrogens with zero attached hydrogens (tertiary/aromatic N) is 2. The standard InChI is InChI=1S/C22H32N2O2/c1-26-22-9-3-2-7-17(22)8-6-10-23-15-18-13-20(24-11-4-5-12-24)21(25)14-19(18)16-23/h2-3,6-9,18-21,25H,4-5,10-16H2,1H3/b8-6+/t18-,19+,20-,21-/m1/s1. The molecule has 0 amide bonds. The molecule has 1 aliphatic carbocycles. The molecule has 4 nitrogen and oxygen atoms in total. The van der Waals surface area contributed by atoms with Gasteiger partial charge in [0.15, 0.2) is 0 Å². The first-order chi connectivity index (χ1) is 12.7. The van der Waals surface area contributed by atoms with Crippen LogP contribution in [0.1, 0.15) is 31.2 Å². The van der Waals surface area contributed by atoms with Crippen molar-refractivity contribution in [2.24, 2.45) is 11.8 Å². The van der Waals surface area contributed by atoms with Gasteiger partial charge >= 0.3 is 0 Å². The second-order valence-electron chi connectivity index (χ2n) is 8.23. The largest absolute Gasteiger partial charge is 0.496 e. The van der Waals surface area contributed by atoms with E-state index in [0.717, 1.165) is 36.7 Å². The Morgan fingerprint density at radius 2 is 1.85 bits per heavy atom. The summed E-state index contributed by atoms with van der Waals surface area (Å²) in [6.45, 7) is 5.66. The van der Waals surface area contributed by atoms with Gasteiger partial charge in [-0.05, 0) is 56.7 Å². The SMILES string of the molecule is COc1ccccc1/C=C/CN1C[C@H]2C[C@@H](N3CCCC3)[C@H](O)C[C@H]2C1. The van der Waals surface area contributed by atoms with E-state index in [0.29, 0.717) is 12.0 Å². The van der Waals surface area contributed by atoms with Crippen LogP contribution in [0.25, 0.3) is 6.08 Å². The first kappa shape index (κ1) is 18.0. The Kier molecular flexibility index (Phi) is 5.63. The summed E-state index contributed by atoms with van der Waals surface area (Å²) in [5.74, 6) is 2.35. The third-order valence-electron chi connectivity index (χ3n) is 6.59. The van der Waals surface area contributed by atoms with Gasteiger partial charge in [-0.1, -0.05) is 30.4 Å². The van der Waals surface area contributed by atoms with Gasteiger partial charge in [0, 0.05) is 31.2 Å². The number of ether oxygens (including phenoxy) is 1. The third-order valence-corrected chi connectivity index (χ3v) is 6.59. The van der Waals surface area contributed by atoms with Gasteiger partial charge in [-0.2, -0.15) is 0 Å². The Morgan fingerprint density at radius 3 is 2.62 bits per heavy atom. The predicted molar refractivity (Wildman–Crippen MR) is 105 cm³/mol. The number of benzene rings is 1. The van der Waals surface area contributed by atoms with Crippen molar-refractivity contribution in [3.8, 4) is 5.75 Å². The molecule has 1 N–H and O–H groups in total. The van der Waals surface area contributed by atoms with E-state index in [9.17, 15) is 5.11 Å². The van der Waals surface area contributed by atoms with Crippen molar-refractivity contribution in [1.82, 2.24) is 9.80 Å². The van der Waals surface area contributed by atoms with Gasteiger partial charge in [0.2, 0.25) is 0 Å². The van der Waals surface area contributed by atoms with E-state index in [-0.39, 0.29) is 6.10 Å². The molecule has 0 unspecified atom stereocenters. The second kappa shape index (κ2) is 8.12. The Balaban J connectivity index is 1.33. The molecule has 0 bridgehead atoms. The number of aliphatic hydroxyl groups is 1. The molecule has 0 spiro atoms. The van der Waals surface area contributed by atoms with Crippen molar-refractivity contribution < 1.29 is 9.84 Å². The molecule has 0 aromatic heterocycles. The average Bonchev–Trinajstić information content (AvgIpc) is 3.30. The van der Waals surface area contributed by atoms with Crippen LogP contribution in [0.2, 0.25) is 0 Å². The van der Waals surface area contributed by atoms with E-state index in [4.69, 9.17) is 4.74 Å². The van der Waals surface area contributed by atoms with Crippen molar-refractivity contribution in [2.75, 3.05) is 39.8 Å². The van der Waals surface area contributed by atoms with Crippen LogP contribution in [0.4, 0.5) is 0 Å². The minimum atomic E-state index is -0.126. The number of rotatable bonds is 5. The molecule has 3 fully saturated rings. The fourth-order valence-corrected chi connectivity index (χ4v) is 5.25. The van der Waals surface area contributed by atoms with Gasteiger partial charge in [-0.3, -0.25) is 9.80 Å². The molecule has 1 saturated carbocycles. The predicted octanol–water partition coefficient (Wildman–Crippen LogP) is 2.88. The van der Waals surface area contributed by atoms with Crippen LogP contribution in [0.15, 0.2) is 30.3 Å². The highest BCUT2D eigenvalue weighted by molar-refractivity contribution is 5.57. The maximum atomic E-state index is 10.7. The van der Waals surface area contributed by atoms with E-state index in [1.165, 1.54) is 38.9 Å². The van der Waals surface area contributed by atoms with Crippen molar-refractivity contribution in [3.63, 3.8) is 0 Å². The van der Waals surface area contributed by atoms with Crippen molar-refractivity contribution in [1.29, 1.82) is 0 Å². The highest BCUT2D eigenvalue weighted by Crippen LogP contribution is 2.39. The Bertz CT molecular complexity index is 626. The summed E-state index contributed by atoms with van der Waals surface area (Å²) in [7, 11) is 1.72. The zero-order valence-corrected chi connectivity index (χ0v) is 15.9. The molecule has 1 aromatic carbocycles. The summed E-state index contributed by atoms with van der Waals surface area (Å²) >= 11 is 0. The maximum absolute atomic E-state index is 10.7. The van der Waals surface area contributed by atoms with Gasteiger partial charge in [0.25, 0.3) is 0 Å². The smallest absolute Gasteiger partial charge is 0.126 e. The topological polar surface area (TPSA) is 35.9 Å². The monoisotopic (exact) mass is 356 g/mol. The Labute approximate surface area is 157 Å². The zero-order chi connectivity index (χ0) is 17.9. The van der Waals surface area contributed by atoms with E-state index in [2.05, 4.69) is 28.0 Å².